The van der Waals surface area contributed by atoms with Crippen LogP contribution in [0.3, 0.4) is 0 Å². The zero-order valence-corrected chi connectivity index (χ0v) is 24.1. The summed E-state index contributed by atoms with van der Waals surface area (Å²) in [5.74, 6) is -0.935. The van der Waals surface area contributed by atoms with E-state index < -0.39 is 28.5 Å². The number of nitrogens with zero attached hydrogens (tertiary/aromatic N) is 2. The number of unbranched alkanes of at least 4 members (excludes halogenated alkanes) is 1. The van der Waals surface area contributed by atoms with Crippen molar-refractivity contribution in [2.45, 2.75) is 45.7 Å². The Balaban J connectivity index is 2.47. The summed E-state index contributed by atoms with van der Waals surface area (Å²) in [5, 5.41) is 3.98. The molecule has 7 nitrogen and oxygen atoms in total. The maximum atomic E-state index is 13.7. The minimum absolute atomic E-state index is 0.0273. The van der Waals surface area contributed by atoms with Crippen molar-refractivity contribution < 1.29 is 18.0 Å². The van der Waals surface area contributed by atoms with Crippen molar-refractivity contribution in [3.05, 3.63) is 62.1 Å². The first-order valence-corrected chi connectivity index (χ1v) is 14.7. The Morgan fingerprint density at radius 3 is 2.11 bits per heavy atom. The standard InChI is InChI=1S/C24H29Cl4N3O4S/c1-4-6-11-29-24(33)21(5-2)30(14-16-7-8-17(25)12-19(16)27)23(32)15-31(36(3,34)35)22-10-9-18(26)13-20(22)28/h7-10,12-13,21H,4-6,11,14-15H2,1-3H3,(H,29,33). The largest absolute Gasteiger partial charge is 0.354 e. The fraction of sp³-hybridized carbons (Fsp3) is 0.417. The lowest BCUT2D eigenvalue weighted by Gasteiger charge is -2.33. The van der Waals surface area contributed by atoms with Crippen LogP contribution in [0, 0.1) is 0 Å². The summed E-state index contributed by atoms with van der Waals surface area (Å²) in [5.41, 5.74) is 0.659. The molecule has 0 fully saturated rings. The number of halogens is 4. The SMILES string of the molecule is CCCCNC(=O)C(CC)N(Cc1ccc(Cl)cc1Cl)C(=O)CN(c1ccc(Cl)cc1Cl)S(C)(=O)=O. The molecule has 198 valence electrons. The van der Waals surface area contributed by atoms with E-state index in [9.17, 15) is 18.0 Å². The first-order chi connectivity index (χ1) is 16.9. The van der Waals surface area contributed by atoms with Gasteiger partial charge in [-0.2, -0.15) is 0 Å². The average Bonchev–Trinajstić information content (AvgIpc) is 2.78. The molecular weight excluding hydrogens is 568 g/mol. The van der Waals surface area contributed by atoms with Gasteiger partial charge < -0.3 is 10.2 Å². The molecule has 0 spiro atoms. The summed E-state index contributed by atoms with van der Waals surface area (Å²) in [4.78, 5) is 28.0. The summed E-state index contributed by atoms with van der Waals surface area (Å²) in [6.45, 7) is 3.64. The number of hydrogen-bond acceptors (Lipinski definition) is 4. The van der Waals surface area contributed by atoms with Gasteiger partial charge in [-0.25, -0.2) is 8.42 Å². The highest BCUT2D eigenvalue weighted by atomic mass is 35.5. The number of carbonyl (C=O) groups excluding carboxylic acids is 2. The van der Waals surface area contributed by atoms with E-state index >= 15 is 0 Å². The summed E-state index contributed by atoms with van der Waals surface area (Å²) in [7, 11) is -3.92. The Morgan fingerprint density at radius 2 is 1.58 bits per heavy atom. The topological polar surface area (TPSA) is 86.8 Å². The van der Waals surface area contributed by atoms with Gasteiger partial charge in [-0.3, -0.25) is 13.9 Å². The number of sulfonamides is 1. The normalized spacial score (nSPS) is 12.2. The van der Waals surface area contributed by atoms with E-state index in [0.29, 0.717) is 33.6 Å². The van der Waals surface area contributed by atoms with Gasteiger partial charge in [0.25, 0.3) is 0 Å². The summed E-state index contributed by atoms with van der Waals surface area (Å²) < 4.78 is 26.2. The van der Waals surface area contributed by atoms with Crippen molar-refractivity contribution in [2.75, 3.05) is 23.7 Å². The van der Waals surface area contributed by atoms with Crippen molar-refractivity contribution in [3.8, 4) is 0 Å². The van der Waals surface area contributed by atoms with Crippen LogP contribution in [0.2, 0.25) is 20.1 Å². The first-order valence-electron chi connectivity index (χ1n) is 11.3. The molecule has 36 heavy (non-hydrogen) atoms. The highest BCUT2D eigenvalue weighted by Gasteiger charge is 2.32. The maximum Gasteiger partial charge on any atom is 0.244 e. The molecular formula is C24H29Cl4N3O4S. The number of nitrogens with one attached hydrogen (secondary N) is 1. The van der Waals surface area contributed by atoms with Crippen LogP contribution >= 0.6 is 46.4 Å². The number of hydrogen-bond donors (Lipinski definition) is 1. The van der Waals surface area contributed by atoms with E-state index in [4.69, 9.17) is 46.4 Å². The van der Waals surface area contributed by atoms with Crippen LogP contribution in [-0.4, -0.2) is 50.5 Å². The predicted molar refractivity (Wildman–Crippen MR) is 148 cm³/mol. The second-order valence-electron chi connectivity index (χ2n) is 8.19. The lowest BCUT2D eigenvalue weighted by Crippen LogP contribution is -2.52. The molecule has 0 radical (unpaired) electrons. The number of benzene rings is 2. The molecule has 2 rings (SSSR count). The van der Waals surface area contributed by atoms with E-state index in [1.807, 2.05) is 6.92 Å². The third-order valence-corrected chi connectivity index (χ3v) is 7.68. The van der Waals surface area contributed by atoms with Crippen LogP contribution in [-0.2, 0) is 26.2 Å². The molecule has 2 aromatic rings. The van der Waals surface area contributed by atoms with Gasteiger partial charge in [0.2, 0.25) is 21.8 Å². The fourth-order valence-corrected chi connectivity index (χ4v) is 5.43. The summed E-state index contributed by atoms with van der Waals surface area (Å²) in [6.07, 6.45) is 2.96. The Hall–Kier alpha value is -1.71. The van der Waals surface area contributed by atoms with Crippen LogP contribution in [0.4, 0.5) is 5.69 Å². The van der Waals surface area contributed by atoms with Crippen LogP contribution in [0.1, 0.15) is 38.7 Å². The molecule has 1 unspecified atom stereocenters. The lowest BCUT2D eigenvalue weighted by atomic mass is 10.1. The van der Waals surface area contributed by atoms with Crippen molar-refractivity contribution >= 4 is 73.9 Å². The molecule has 2 amide bonds. The minimum Gasteiger partial charge on any atom is -0.354 e. The van der Waals surface area contributed by atoms with Crippen molar-refractivity contribution in [1.82, 2.24) is 10.2 Å². The molecule has 0 saturated heterocycles. The molecule has 1 atom stereocenters. The van der Waals surface area contributed by atoms with Gasteiger partial charge in [-0.1, -0.05) is 72.7 Å². The number of carbonyl (C=O) groups is 2. The third kappa shape index (κ3) is 8.42. The monoisotopic (exact) mass is 595 g/mol. The van der Waals surface area contributed by atoms with Crippen molar-refractivity contribution in [3.63, 3.8) is 0 Å². The zero-order chi connectivity index (χ0) is 27.0. The maximum absolute atomic E-state index is 13.7. The predicted octanol–water partition coefficient (Wildman–Crippen LogP) is 5.79. The molecule has 0 heterocycles. The van der Waals surface area contributed by atoms with Crippen LogP contribution in [0.5, 0.6) is 0 Å². The molecule has 0 saturated carbocycles. The Morgan fingerprint density at radius 1 is 0.972 bits per heavy atom. The van der Waals surface area contributed by atoms with Gasteiger partial charge in [0.1, 0.15) is 12.6 Å². The van der Waals surface area contributed by atoms with Crippen LogP contribution in [0.15, 0.2) is 36.4 Å². The van der Waals surface area contributed by atoms with E-state index in [-0.39, 0.29) is 23.2 Å². The Kier molecular flexibility index (Phi) is 11.6. The molecule has 2 aromatic carbocycles. The van der Waals surface area contributed by atoms with Gasteiger partial charge in [-0.05, 0) is 48.7 Å². The van der Waals surface area contributed by atoms with Crippen LogP contribution in [0.25, 0.3) is 0 Å². The number of amides is 2. The molecule has 0 aliphatic heterocycles. The second-order valence-corrected chi connectivity index (χ2v) is 11.8. The summed E-state index contributed by atoms with van der Waals surface area (Å²) >= 11 is 24.6. The minimum atomic E-state index is -3.92. The number of anilines is 1. The first kappa shape index (κ1) is 30.5. The fourth-order valence-electron chi connectivity index (χ4n) is 3.54. The van der Waals surface area contributed by atoms with E-state index in [1.54, 1.807) is 25.1 Å². The third-order valence-electron chi connectivity index (χ3n) is 5.43. The lowest BCUT2D eigenvalue weighted by molar-refractivity contribution is -0.140. The molecule has 0 bridgehead atoms. The molecule has 1 N–H and O–H groups in total. The smallest absolute Gasteiger partial charge is 0.244 e. The average molecular weight is 597 g/mol. The molecule has 0 aliphatic rings. The quantitative estimate of drug-likeness (QED) is 0.314. The molecule has 0 aliphatic carbocycles. The molecule has 0 aromatic heterocycles. The van der Waals surface area contributed by atoms with Gasteiger partial charge in [0, 0.05) is 28.2 Å². The molecule has 12 heteroatoms. The second kappa shape index (κ2) is 13.7. The van der Waals surface area contributed by atoms with Crippen LogP contribution < -0.4 is 9.62 Å². The zero-order valence-electron chi connectivity index (χ0n) is 20.2. The Labute approximate surface area is 232 Å². The van der Waals surface area contributed by atoms with E-state index in [0.717, 1.165) is 23.4 Å². The van der Waals surface area contributed by atoms with Crippen molar-refractivity contribution in [2.24, 2.45) is 0 Å². The highest BCUT2D eigenvalue weighted by Crippen LogP contribution is 2.31. The number of rotatable bonds is 12. The van der Waals surface area contributed by atoms with Crippen molar-refractivity contribution in [1.29, 1.82) is 0 Å². The van der Waals surface area contributed by atoms with Gasteiger partial charge in [-0.15, -0.1) is 0 Å². The van der Waals surface area contributed by atoms with E-state index in [2.05, 4.69) is 5.32 Å². The highest BCUT2D eigenvalue weighted by molar-refractivity contribution is 7.92. The summed E-state index contributed by atoms with van der Waals surface area (Å²) in [6, 6.07) is 8.27. The van der Waals surface area contributed by atoms with E-state index in [1.165, 1.54) is 23.1 Å². The van der Waals surface area contributed by atoms with Gasteiger partial charge in [0.05, 0.1) is 17.0 Å². The van der Waals surface area contributed by atoms with Gasteiger partial charge in [0.15, 0.2) is 0 Å². The Bertz CT molecular complexity index is 1190. The van der Waals surface area contributed by atoms with Gasteiger partial charge >= 0.3 is 0 Å².